The Hall–Kier alpha value is -3.21. The van der Waals surface area contributed by atoms with E-state index in [0.717, 1.165) is 31.4 Å². The van der Waals surface area contributed by atoms with E-state index in [-0.39, 0.29) is 16.9 Å². The number of nitrogens with one attached hydrogen (secondary N) is 2. The number of isocyanates is 4. The maximum absolute atomic E-state index is 10.3. The molecule has 0 aromatic rings. The molecule has 144 valence electrons. The number of hydrogen-bond acceptors (Lipinski definition) is 9. The van der Waals surface area contributed by atoms with Gasteiger partial charge in [0.15, 0.2) is 0 Å². The van der Waals surface area contributed by atoms with Gasteiger partial charge in [0.1, 0.15) is 0 Å². The number of rotatable bonds is 3. The van der Waals surface area contributed by atoms with Crippen LogP contribution in [0.5, 0.6) is 0 Å². The number of hydrogen-bond donors (Lipinski definition) is 4. The number of nitrogens with two attached hydrogens (primary N) is 2. The standard InChI is InChI=1S/C12H18N2O2.CH4N2O.2CHNO/c1-11(2)4-10(14-9-16)5-12(3,6-11)7-13-8-15;2-1(3)4;2*2-1-3/h10H,4-7H2,1-3H3;(H4,2,3,4);2*2H. The van der Waals surface area contributed by atoms with Gasteiger partial charge in [-0.1, -0.05) is 20.8 Å². The summed E-state index contributed by atoms with van der Waals surface area (Å²) in [5.74, 6) is 0. The number of primary amides is 2. The molecule has 0 aromatic heterocycles. The van der Waals surface area contributed by atoms with Crippen molar-refractivity contribution in [1.82, 2.24) is 0 Å². The van der Waals surface area contributed by atoms with Crippen LogP contribution in [-0.2, 0) is 19.2 Å². The van der Waals surface area contributed by atoms with Crippen LogP contribution in [0.1, 0.15) is 40.0 Å². The molecule has 2 amide bonds. The molecule has 1 aliphatic carbocycles. The highest BCUT2D eigenvalue weighted by atomic mass is 16.2. The van der Waals surface area contributed by atoms with Gasteiger partial charge in [0, 0.05) is 0 Å². The average molecular weight is 368 g/mol. The fraction of sp³-hybridized carbons (Fsp3) is 0.667. The lowest BCUT2D eigenvalue weighted by Crippen LogP contribution is -2.39. The molecule has 2 unspecified atom stereocenters. The monoisotopic (exact) mass is 368 g/mol. The van der Waals surface area contributed by atoms with Crippen LogP contribution in [0, 0.1) is 21.6 Å². The van der Waals surface area contributed by atoms with Crippen molar-refractivity contribution in [2.75, 3.05) is 6.54 Å². The summed E-state index contributed by atoms with van der Waals surface area (Å²) in [7, 11) is 0. The molecule has 1 fully saturated rings. The van der Waals surface area contributed by atoms with Gasteiger partial charge in [0.25, 0.3) is 0 Å². The second-order valence-corrected chi connectivity index (χ2v) is 6.45. The van der Waals surface area contributed by atoms with Crippen molar-refractivity contribution in [1.29, 1.82) is 10.8 Å². The minimum absolute atomic E-state index is 0.00750. The molecular formula is C15H24N6O5. The van der Waals surface area contributed by atoms with Crippen molar-refractivity contribution in [3.05, 3.63) is 0 Å². The third-order valence-corrected chi connectivity index (χ3v) is 3.18. The fourth-order valence-electron chi connectivity index (χ4n) is 3.09. The second-order valence-electron chi connectivity index (χ2n) is 6.45. The van der Waals surface area contributed by atoms with Gasteiger partial charge in [0.2, 0.25) is 24.3 Å². The van der Waals surface area contributed by atoms with Crippen LogP contribution < -0.4 is 11.5 Å². The molecule has 11 heteroatoms. The highest BCUT2D eigenvalue weighted by molar-refractivity contribution is 5.69. The highest BCUT2D eigenvalue weighted by Crippen LogP contribution is 2.47. The summed E-state index contributed by atoms with van der Waals surface area (Å²) in [5.41, 5.74) is 8.56. The Labute approximate surface area is 151 Å². The number of carbonyl (C=O) groups is 1. The van der Waals surface area contributed by atoms with Crippen LogP contribution in [0.3, 0.4) is 0 Å². The molecule has 1 rings (SSSR count). The van der Waals surface area contributed by atoms with Gasteiger partial charge in [-0.05, 0) is 30.1 Å². The third-order valence-electron chi connectivity index (χ3n) is 3.18. The smallest absolute Gasteiger partial charge is 0.309 e. The first kappa shape index (κ1) is 27.6. The Balaban J connectivity index is -0.000000439. The summed E-state index contributed by atoms with van der Waals surface area (Å²) in [5, 5.41) is 10.8. The van der Waals surface area contributed by atoms with E-state index in [0.29, 0.717) is 6.54 Å². The molecule has 0 saturated heterocycles. The van der Waals surface area contributed by atoms with Crippen molar-refractivity contribution in [2.45, 2.75) is 46.1 Å². The average Bonchev–Trinajstić information content (AvgIpc) is 2.44. The summed E-state index contributed by atoms with van der Waals surface area (Å²) in [6.07, 6.45) is 7.38. The molecule has 0 bridgehead atoms. The summed E-state index contributed by atoms with van der Waals surface area (Å²) in [6.45, 7) is 6.86. The van der Waals surface area contributed by atoms with E-state index in [1.54, 1.807) is 12.2 Å². The van der Waals surface area contributed by atoms with Crippen molar-refractivity contribution in [3.63, 3.8) is 0 Å². The molecule has 1 saturated carbocycles. The predicted octanol–water partition coefficient (Wildman–Crippen LogP) is 1.07. The van der Waals surface area contributed by atoms with Crippen LogP contribution in [0.25, 0.3) is 0 Å². The van der Waals surface area contributed by atoms with Crippen molar-refractivity contribution >= 4 is 30.4 Å². The van der Waals surface area contributed by atoms with E-state index in [9.17, 15) is 9.59 Å². The van der Waals surface area contributed by atoms with E-state index >= 15 is 0 Å². The molecule has 26 heavy (non-hydrogen) atoms. The number of amides is 2. The van der Waals surface area contributed by atoms with Gasteiger partial charge in [-0.25, -0.2) is 44.8 Å². The van der Waals surface area contributed by atoms with Gasteiger partial charge in [0.05, 0.1) is 12.6 Å². The zero-order valence-electron chi connectivity index (χ0n) is 15.0. The van der Waals surface area contributed by atoms with Crippen molar-refractivity contribution in [2.24, 2.45) is 32.3 Å². The molecule has 6 N–H and O–H groups in total. The molecule has 0 heterocycles. The van der Waals surface area contributed by atoms with Gasteiger partial charge in [-0.3, -0.25) is 0 Å². The Morgan fingerprint density at radius 2 is 1.46 bits per heavy atom. The van der Waals surface area contributed by atoms with Crippen LogP contribution in [0.15, 0.2) is 9.98 Å². The number of nitrogens with zero attached hydrogens (tertiary/aromatic N) is 2. The lowest BCUT2D eigenvalue weighted by molar-refractivity contribution is 0.0915. The number of aliphatic imine (C=N–C) groups is 2. The van der Waals surface area contributed by atoms with E-state index < -0.39 is 6.03 Å². The van der Waals surface area contributed by atoms with Crippen LogP contribution >= 0.6 is 0 Å². The summed E-state index contributed by atoms with van der Waals surface area (Å²) in [6, 6.07) is -0.826. The first-order valence-electron chi connectivity index (χ1n) is 7.20. The van der Waals surface area contributed by atoms with E-state index in [4.69, 9.17) is 25.2 Å². The molecule has 11 nitrogen and oxygen atoms in total. The molecule has 0 radical (unpaired) electrons. The fourth-order valence-corrected chi connectivity index (χ4v) is 3.09. The Morgan fingerprint density at radius 1 is 1.04 bits per heavy atom. The first-order chi connectivity index (χ1) is 12.0. The minimum atomic E-state index is -0.833. The maximum Gasteiger partial charge on any atom is 0.309 e. The minimum Gasteiger partial charge on any atom is -0.352 e. The molecule has 2 atom stereocenters. The Bertz CT molecular complexity index is 580. The second kappa shape index (κ2) is 15.3. The Kier molecular flexibility index (Phi) is 16.3. The van der Waals surface area contributed by atoms with Crippen LogP contribution in [0.4, 0.5) is 4.79 Å². The molecule has 0 spiro atoms. The van der Waals surface area contributed by atoms with Crippen LogP contribution in [-0.4, -0.2) is 42.9 Å². The normalized spacial score (nSPS) is 21.4. The highest BCUT2D eigenvalue weighted by Gasteiger charge is 2.41. The lowest BCUT2D eigenvalue weighted by atomic mass is 9.63. The number of urea groups is 1. The van der Waals surface area contributed by atoms with Crippen molar-refractivity contribution in [3.8, 4) is 0 Å². The lowest BCUT2D eigenvalue weighted by Gasteiger charge is -2.44. The van der Waals surface area contributed by atoms with Gasteiger partial charge in [-0.2, -0.15) is 0 Å². The van der Waals surface area contributed by atoms with Crippen molar-refractivity contribution < 1.29 is 24.0 Å². The third kappa shape index (κ3) is 18.8. The van der Waals surface area contributed by atoms with Gasteiger partial charge >= 0.3 is 6.03 Å². The zero-order chi connectivity index (χ0) is 21.2. The predicted molar refractivity (Wildman–Crippen MR) is 91.2 cm³/mol. The molecular weight excluding hydrogens is 344 g/mol. The summed E-state index contributed by atoms with van der Waals surface area (Å²) < 4.78 is 0. The Morgan fingerprint density at radius 3 is 1.81 bits per heavy atom. The van der Waals surface area contributed by atoms with E-state index in [1.807, 2.05) is 0 Å². The van der Waals surface area contributed by atoms with Gasteiger partial charge in [-0.15, -0.1) is 0 Å². The largest absolute Gasteiger partial charge is 0.352 e. The zero-order valence-corrected chi connectivity index (χ0v) is 15.0. The number of carbonyl (C=O) groups excluding carboxylic acids is 5. The molecule has 1 aliphatic rings. The quantitative estimate of drug-likeness (QED) is 0.424. The SMILES string of the molecule is CC1(C)CC(N=C=O)CC(C)(CN=C=O)C1.N=C=O.N=C=O.NC(N)=O. The molecule has 0 aromatic carbocycles. The van der Waals surface area contributed by atoms with Crippen LogP contribution in [0.2, 0.25) is 0 Å². The van der Waals surface area contributed by atoms with E-state index in [2.05, 4.69) is 42.2 Å². The summed E-state index contributed by atoms with van der Waals surface area (Å²) >= 11 is 0. The topological polar surface area (TPSA) is 210 Å². The first-order valence-corrected chi connectivity index (χ1v) is 7.20. The summed E-state index contributed by atoms with van der Waals surface area (Å²) in [4.78, 5) is 53.7. The van der Waals surface area contributed by atoms with E-state index in [1.165, 1.54) is 0 Å². The maximum atomic E-state index is 10.3. The van der Waals surface area contributed by atoms with Gasteiger partial charge < -0.3 is 11.5 Å². The molecule has 0 aliphatic heterocycles.